The molecule has 4 amide bonds. The quantitative estimate of drug-likeness (QED) is 0.496. The first-order valence-corrected chi connectivity index (χ1v) is 8.99. The summed E-state index contributed by atoms with van der Waals surface area (Å²) >= 11 is 0. The second-order valence-corrected chi connectivity index (χ2v) is 6.34. The summed E-state index contributed by atoms with van der Waals surface area (Å²) in [7, 11) is 0. The summed E-state index contributed by atoms with van der Waals surface area (Å²) in [5, 5.41) is 7.81. The summed E-state index contributed by atoms with van der Waals surface area (Å²) in [6.45, 7) is -1.16. The Balaban J connectivity index is 1.81. The molecule has 5 N–H and O–H groups in total. The van der Waals surface area contributed by atoms with Gasteiger partial charge in [-0.25, -0.2) is 4.79 Å². The number of halogens is 2. The monoisotopic (exact) mass is 420 g/mol. The van der Waals surface area contributed by atoms with Gasteiger partial charge in [-0.3, -0.25) is 9.59 Å². The van der Waals surface area contributed by atoms with Crippen LogP contribution in [0.4, 0.5) is 13.6 Å². The van der Waals surface area contributed by atoms with Crippen LogP contribution in [-0.4, -0.2) is 31.0 Å². The van der Waals surface area contributed by atoms with Crippen molar-refractivity contribution < 1.29 is 27.9 Å². The fraction of sp³-hybridized carbons (Fsp3) is 0.250. The maximum atomic E-state index is 12.2. The topological polar surface area (TPSA) is 123 Å². The van der Waals surface area contributed by atoms with Gasteiger partial charge in [0.1, 0.15) is 5.75 Å². The minimum atomic E-state index is -2.89. The van der Waals surface area contributed by atoms with Gasteiger partial charge in [-0.2, -0.15) is 8.78 Å². The van der Waals surface area contributed by atoms with Gasteiger partial charge in [0.15, 0.2) is 0 Å². The lowest BCUT2D eigenvalue weighted by molar-refractivity contribution is -0.117. The van der Waals surface area contributed by atoms with Crippen molar-refractivity contribution >= 4 is 17.8 Å². The molecule has 0 saturated carbocycles. The van der Waals surface area contributed by atoms with Crippen molar-refractivity contribution in [1.29, 1.82) is 0 Å². The van der Waals surface area contributed by atoms with Gasteiger partial charge < -0.3 is 26.4 Å². The molecule has 0 spiro atoms. The van der Waals surface area contributed by atoms with E-state index >= 15 is 0 Å². The Labute approximate surface area is 171 Å². The van der Waals surface area contributed by atoms with Gasteiger partial charge in [-0.1, -0.05) is 24.3 Å². The number of urea groups is 1. The van der Waals surface area contributed by atoms with Gasteiger partial charge >= 0.3 is 12.6 Å². The van der Waals surface area contributed by atoms with Crippen molar-refractivity contribution in [2.75, 3.05) is 6.54 Å². The number of hydrogen-bond donors (Lipinski definition) is 4. The van der Waals surface area contributed by atoms with Crippen LogP contribution < -0.4 is 26.4 Å². The molecule has 30 heavy (non-hydrogen) atoms. The summed E-state index contributed by atoms with van der Waals surface area (Å²) in [4.78, 5) is 34.6. The minimum Gasteiger partial charge on any atom is -0.435 e. The zero-order valence-corrected chi connectivity index (χ0v) is 16.2. The van der Waals surface area contributed by atoms with Crippen LogP contribution in [0.5, 0.6) is 5.75 Å². The average molecular weight is 420 g/mol. The van der Waals surface area contributed by atoms with Crippen LogP contribution in [0.15, 0.2) is 48.5 Å². The van der Waals surface area contributed by atoms with Crippen LogP contribution in [0.3, 0.4) is 0 Å². The lowest BCUT2D eigenvalue weighted by Crippen LogP contribution is -2.36. The predicted octanol–water partition coefficient (Wildman–Crippen LogP) is 2.06. The molecule has 0 heterocycles. The Morgan fingerprint density at radius 3 is 2.20 bits per heavy atom. The second-order valence-electron chi connectivity index (χ2n) is 6.34. The molecule has 0 aliphatic rings. The highest BCUT2D eigenvalue weighted by Crippen LogP contribution is 2.19. The zero-order chi connectivity index (χ0) is 22.1. The number of hydrogen-bond acceptors (Lipinski definition) is 4. The van der Waals surface area contributed by atoms with Gasteiger partial charge in [0, 0.05) is 12.1 Å². The minimum absolute atomic E-state index is 0.0390. The van der Waals surface area contributed by atoms with Gasteiger partial charge in [0.2, 0.25) is 5.91 Å². The van der Waals surface area contributed by atoms with E-state index in [1.165, 1.54) is 12.1 Å². The molecule has 0 fully saturated rings. The maximum Gasteiger partial charge on any atom is 0.387 e. The first kappa shape index (κ1) is 22.6. The molecular weight excluding hydrogens is 398 g/mol. The van der Waals surface area contributed by atoms with E-state index in [9.17, 15) is 23.2 Å². The van der Waals surface area contributed by atoms with Crippen molar-refractivity contribution in [2.45, 2.75) is 26.1 Å². The highest BCUT2D eigenvalue weighted by molar-refractivity contribution is 5.96. The maximum absolute atomic E-state index is 12.2. The molecule has 0 aromatic heterocycles. The summed E-state index contributed by atoms with van der Waals surface area (Å²) < 4.78 is 28.6. The van der Waals surface area contributed by atoms with Crippen LogP contribution in [0.2, 0.25) is 0 Å². The summed E-state index contributed by atoms with van der Waals surface area (Å²) in [6.07, 6.45) is 0. The van der Waals surface area contributed by atoms with Crippen LogP contribution in [0.25, 0.3) is 0 Å². The van der Waals surface area contributed by atoms with E-state index < -0.39 is 24.5 Å². The fourth-order valence-corrected chi connectivity index (χ4v) is 2.49. The van der Waals surface area contributed by atoms with Gasteiger partial charge in [0.05, 0.1) is 12.6 Å². The van der Waals surface area contributed by atoms with Gasteiger partial charge in [0.25, 0.3) is 5.91 Å². The number of amides is 4. The van der Waals surface area contributed by atoms with Crippen LogP contribution in [0, 0.1) is 0 Å². The number of carbonyl (C=O) groups excluding carboxylic acids is 3. The summed E-state index contributed by atoms with van der Waals surface area (Å²) in [5.41, 5.74) is 6.81. The van der Waals surface area contributed by atoms with Gasteiger partial charge in [-0.15, -0.1) is 0 Å². The molecular formula is C20H22F2N4O4. The molecule has 2 aromatic rings. The predicted molar refractivity (Wildman–Crippen MR) is 105 cm³/mol. The lowest BCUT2D eigenvalue weighted by atomic mass is 10.1. The lowest BCUT2D eigenvalue weighted by Gasteiger charge is -2.16. The molecule has 0 bridgehead atoms. The number of nitrogens with one attached hydrogen (secondary N) is 3. The van der Waals surface area contributed by atoms with E-state index in [0.717, 1.165) is 11.1 Å². The highest BCUT2D eigenvalue weighted by Gasteiger charge is 2.11. The molecule has 10 heteroatoms. The van der Waals surface area contributed by atoms with Crippen LogP contribution in [-0.2, 0) is 11.3 Å². The molecule has 1 unspecified atom stereocenters. The van der Waals surface area contributed by atoms with Crippen LogP contribution >= 0.6 is 0 Å². The van der Waals surface area contributed by atoms with Crippen molar-refractivity contribution in [1.82, 2.24) is 16.0 Å². The Morgan fingerprint density at radius 1 is 1.00 bits per heavy atom. The van der Waals surface area contributed by atoms with Gasteiger partial charge in [-0.05, 0) is 42.3 Å². The standard InChI is InChI=1S/C20H22F2N4O4/c1-12(14-6-8-16(9-7-14)30-19(21)22)26-20(29)25-10-13-2-4-15(5-3-13)18(28)24-11-17(23)27/h2-9,12,19H,10-11H2,1H3,(H2,23,27)(H,24,28)(H2,25,26,29). The Kier molecular flexibility index (Phi) is 8.09. The van der Waals surface area contributed by atoms with Crippen molar-refractivity contribution in [3.05, 3.63) is 65.2 Å². The molecule has 0 aliphatic heterocycles. The van der Waals surface area contributed by atoms with E-state index in [1.54, 1.807) is 43.3 Å². The molecule has 0 saturated heterocycles. The Bertz CT molecular complexity index is 873. The van der Waals surface area contributed by atoms with Crippen molar-refractivity contribution in [2.24, 2.45) is 5.73 Å². The third-order valence-electron chi connectivity index (χ3n) is 4.05. The number of primary amides is 1. The van der Waals surface area contributed by atoms with E-state index in [0.29, 0.717) is 5.56 Å². The second kappa shape index (κ2) is 10.7. The van der Waals surface area contributed by atoms with E-state index in [4.69, 9.17) is 5.73 Å². The van der Waals surface area contributed by atoms with Crippen molar-refractivity contribution in [3.8, 4) is 5.75 Å². The smallest absolute Gasteiger partial charge is 0.387 e. The normalized spacial score (nSPS) is 11.5. The summed E-state index contributed by atoms with van der Waals surface area (Å²) in [6, 6.07) is 11.7. The molecule has 8 nitrogen and oxygen atoms in total. The number of carbonyl (C=O) groups is 3. The molecule has 2 aromatic carbocycles. The average Bonchev–Trinajstić information content (AvgIpc) is 2.71. The van der Waals surface area contributed by atoms with E-state index in [2.05, 4.69) is 20.7 Å². The SMILES string of the molecule is CC(NC(=O)NCc1ccc(C(=O)NCC(N)=O)cc1)c1ccc(OC(F)F)cc1. The third kappa shape index (κ3) is 7.38. The number of nitrogens with two attached hydrogens (primary N) is 1. The van der Waals surface area contributed by atoms with Crippen molar-refractivity contribution in [3.63, 3.8) is 0 Å². The Morgan fingerprint density at radius 2 is 1.63 bits per heavy atom. The fourth-order valence-electron chi connectivity index (χ4n) is 2.49. The van der Waals surface area contributed by atoms with E-state index in [1.807, 2.05) is 0 Å². The highest BCUT2D eigenvalue weighted by atomic mass is 19.3. The number of ether oxygens (including phenoxy) is 1. The molecule has 160 valence electrons. The Hall–Kier alpha value is -3.69. The van der Waals surface area contributed by atoms with Crippen LogP contribution in [0.1, 0.15) is 34.5 Å². The first-order valence-electron chi connectivity index (χ1n) is 8.99. The number of benzene rings is 2. The first-order chi connectivity index (χ1) is 14.2. The molecule has 0 aliphatic carbocycles. The largest absolute Gasteiger partial charge is 0.435 e. The molecule has 1 atom stereocenters. The summed E-state index contributed by atoms with van der Waals surface area (Å²) in [5.74, 6) is -1.02. The third-order valence-corrected chi connectivity index (χ3v) is 4.05. The number of alkyl halides is 2. The molecule has 2 rings (SSSR count). The zero-order valence-electron chi connectivity index (χ0n) is 16.2. The molecule has 0 radical (unpaired) electrons. The van der Waals surface area contributed by atoms with E-state index in [-0.39, 0.29) is 24.9 Å². The number of rotatable bonds is 9.